The molecule has 0 spiro atoms. The Morgan fingerprint density at radius 2 is 2.20 bits per heavy atom. The van der Waals surface area contributed by atoms with Crippen LogP contribution in [0.1, 0.15) is 23.9 Å². The molecule has 0 N–H and O–H groups in total. The maximum atomic E-state index is 12.7. The van der Waals surface area contributed by atoms with Gasteiger partial charge in [-0.2, -0.15) is 23.3 Å². The third-order valence-electron chi connectivity index (χ3n) is 3.13. The average molecular weight is 288 g/mol. The summed E-state index contributed by atoms with van der Waals surface area (Å²) in [5, 5.41) is 7.54. The summed E-state index contributed by atoms with van der Waals surface area (Å²) >= 11 is 0. The number of aryl methyl sites for hydroxylation is 1. The molecule has 0 bridgehead atoms. The second kappa shape index (κ2) is 4.58. The number of halogens is 3. The number of aromatic nitrogens is 4. The van der Waals surface area contributed by atoms with E-state index in [9.17, 15) is 13.2 Å². The van der Waals surface area contributed by atoms with E-state index in [1.807, 2.05) is 0 Å². The number of hydrogen-bond acceptors (Lipinski definition) is 5. The fraction of sp³-hybridized carbons (Fsp3) is 0.545. The minimum Gasteiger partial charge on any atom is -0.381 e. The third kappa shape index (κ3) is 2.28. The van der Waals surface area contributed by atoms with Crippen molar-refractivity contribution < 1.29 is 22.4 Å². The summed E-state index contributed by atoms with van der Waals surface area (Å²) in [7, 11) is 1.22. The Bertz CT molecular complexity index is 613. The fourth-order valence-electron chi connectivity index (χ4n) is 2.08. The first-order chi connectivity index (χ1) is 9.45. The summed E-state index contributed by atoms with van der Waals surface area (Å²) in [5.41, 5.74) is -0.853. The normalized spacial score (nSPS) is 19.7. The van der Waals surface area contributed by atoms with Gasteiger partial charge in [-0.05, 0) is 6.42 Å². The maximum absolute atomic E-state index is 12.7. The first kappa shape index (κ1) is 13.1. The van der Waals surface area contributed by atoms with Gasteiger partial charge in [0.25, 0.3) is 5.89 Å². The summed E-state index contributed by atoms with van der Waals surface area (Å²) < 4.78 is 49.0. The van der Waals surface area contributed by atoms with E-state index in [1.54, 1.807) is 0 Å². The average Bonchev–Trinajstić information content (AvgIpc) is 3.06. The van der Waals surface area contributed by atoms with Gasteiger partial charge in [0.1, 0.15) is 5.69 Å². The van der Waals surface area contributed by atoms with Crippen molar-refractivity contribution in [2.24, 2.45) is 7.05 Å². The Labute approximate surface area is 111 Å². The van der Waals surface area contributed by atoms with Crippen molar-refractivity contribution in [2.45, 2.75) is 18.5 Å². The lowest BCUT2D eigenvalue weighted by Gasteiger charge is -2.04. The van der Waals surface area contributed by atoms with Crippen LogP contribution in [0.25, 0.3) is 11.6 Å². The van der Waals surface area contributed by atoms with E-state index >= 15 is 0 Å². The quantitative estimate of drug-likeness (QED) is 0.845. The number of ether oxygens (including phenoxy) is 1. The highest BCUT2D eigenvalue weighted by molar-refractivity contribution is 5.47. The van der Waals surface area contributed by atoms with E-state index in [1.165, 1.54) is 7.05 Å². The van der Waals surface area contributed by atoms with Crippen LogP contribution < -0.4 is 0 Å². The highest BCUT2D eigenvalue weighted by Gasteiger charge is 2.36. The third-order valence-corrected chi connectivity index (χ3v) is 3.13. The van der Waals surface area contributed by atoms with Gasteiger partial charge in [-0.15, -0.1) is 0 Å². The largest absolute Gasteiger partial charge is 0.433 e. The summed E-state index contributed by atoms with van der Waals surface area (Å²) in [6.45, 7) is 1.12. The lowest BCUT2D eigenvalue weighted by atomic mass is 10.1. The monoisotopic (exact) mass is 288 g/mol. The lowest BCUT2D eigenvalue weighted by Crippen LogP contribution is -2.11. The Balaban J connectivity index is 1.90. The van der Waals surface area contributed by atoms with Gasteiger partial charge >= 0.3 is 6.18 Å². The second-order valence-electron chi connectivity index (χ2n) is 4.55. The van der Waals surface area contributed by atoms with Crippen LogP contribution in [-0.2, 0) is 18.0 Å². The summed E-state index contributed by atoms with van der Waals surface area (Å²) in [6.07, 6.45) is -3.70. The molecular weight excluding hydrogens is 277 g/mol. The molecule has 1 atom stereocenters. The molecule has 3 rings (SSSR count). The second-order valence-corrected chi connectivity index (χ2v) is 4.55. The zero-order valence-corrected chi connectivity index (χ0v) is 10.5. The van der Waals surface area contributed by atoms with Crippen molar-refractivity contribution >= 4 is 0 Å². The van der Waals surface area contributed by atoms with Gasteiger partial charge in [-0.25, -0.2) is 0 Å². The lowest BCUT2D eigenvalue weighted by molar-refractivity contribution is -0.143. The summed E-state index contributed by atoms with van der Waals surface area (Å²) in [6, 6.07) is 0.891. The molecule has 0 amide bonds. The molecule has 0 radical (unpaired) electrons. The Morgan fingerprint density at radius 3 is 2.80 bits per heavy atom. The summed E-state index contributed by atoms with van der Waals surface area (Å²) in [5.74, 6) is 0.452. The molecule has 0 unspecified atom stereocenters. The standard InChI is InChI=1S/C11H11F3N4O2/c1-18-8(11(12,13)14)4-7(16-18)10-15-9(17-20-10)6-2-3-19-5-6/h4,6H,2-3,5H2,1H3/t6-/m1/s1. The molecule has 1 aliphatic heterocycles. The van der Waals surface area contributed by atoms with Gasteiger partial charge in [0, 0.05) is 25.6 Å². The highest BCUT2D eigenvalue weighted by atomic mass is 19.4. The van der Waals surface area contributed by atoms with Gasteiger partial charge in [0.05, 0.1) is 6.61 Å². The molecule has 1 aliphatic rings. The van der Waals surface area contributed by atoms with Gasteiger partial charge in [0.15, 0.2) is 11.5 Å². The van der Waals surface area contributed by atoms with Gasteiger partial charge in [0.2, 0.25) is 0 Å². The van der Waals surface area contributed by atoms with Gasteiger partial charge in [-0.1, -0.05) is 5.16 Å². The number of nitrogens with zero attached hydrogens (tertiary/aromatic N) is 4. The summed E-state index contributed by atoms with van der Waals surface area (Å²) in [4.78, 5) is 4.10. The fourth-order valence-corrected chi connectivity index (χ4v) is 2.08. The Kier molecular flexibility index (Phi) is 3.00. The highest BCUT2D eigenvalue weighted by Crippen LogP contribution is 2.32. The molecule has 0 saturated carbocycles. The molecule has 2 aromatic rings. The number of rotatable bonds is 2. The molecule has 9 heteroatoms. The Morgan fingerprint density at radius 1 is 1.40 bits per heavy atom. The molecule has 1 fully saturated rings. The molecule has 0 aromatic carbocycles. The molecule has 0 aliphatic carbocycles. The molecular formula is C11H11F3N4O2. The maximum Gasteiger partial charge on any atom is 0.433 e. The van der Waals surface area contributed by atoms with E-state index in [2.05, 4.69) is 15.2 Å². The van der Waals surface area contributed by atoms with Crippen LogP contribution in [0, 0.1) is 0 Å². The van der Waals surface area contributed by atoms with Gasteiger partial charge < -0.3 is 9.26 Å². The van der Waals surface area contributed by atoms with Crippen LogP contribution >= 0.6 is 0 Å². The van der Waals surface area contributed by atoms with E-state index in [0.29, 0.717) is 19.0 Å². The predicted molar refractivity (Wildman–Crippen MR) is 59.7 cm³/mol. The predicted octanol–water partition coefficient (Wildman–Crippen LogP) is 1.99. The van der Waals surface area contributed by atoms with Crippen LogP contribution in [0.2, 0.25) is 0 Å². The number of hydrogen-bond donors (Lipinski definition) is 0. The first-order valence-electron chi connectivity index (χ1n) is 5.98. The van der Waals surface area contributed by atoms with E-state index < -0.39 is 11.9 Å². The van der Waals surface area contributed by atoms with E-state index in [-0.39, 0.29) is 17.5 Å². The van der Waals surface area contributed by atoms with E-state index in [0.717, 1.165) is 17.2 Å². The van der Waals surface area contributed by atoms with Crippen molar-refractivity contribution in [3.05, 3.63) is 17.6 Å². The minimum absolute atomic E-state index is 0.0116. The molecule has 1 saturated heterocycles. The van der Waals surface area contributed by atoms with Crippen LogP contribution in [0.3, 0.4) is 0 Å². The Hall–Kier alpha value is -1.90. The minimum atomic E-state index is -4.47. The number of alkyl halides is 3. The molecule has 108 valence electrons. The van der Waals surface area contributed by atoms with Crippen molar-refractivity contribution in [3.63, 3.8) is 0 Å². The van der Waals surface area contributed by atoms with Crippen molar-refractivity contribution in [1.82, 2.24) is 19.9 Å². The molecule has 6 nitrogen and oxygen atoms in total. The first-order valence-corrected chi connectivity index (χ1v) is 5.98. The molecule has 20 heavy (non-hydrogen) atoms. The van der Waals surface area contributed by atoms with Crippen molar-refractivity contribution in [2.75, 3.05) is 13.2 Å². The topological polar surface area (TPSA) is 66.0 Å². The van der Waals surface area contributed by atoms with Crippen molar-refractivity contribution in [3.8, 4) is 11.6 Å². The van der Waals surface area contributed by atoms with Crippen LogP contribution in [-0.4, -0.2) is 33.1 Å². The van der Waals surface area contributed by atoms with Crippen LogP contribution in [0.15, 0.2) is 10.6 Å². The van der Waals surface area contributed by atoms with Crippen LogP contribution in [0.4, 0.5) is 13.2 Å². The van der Waals surface area contributed by atoms with Crippen LogP contribution in [0.5, 0.6) is 0 Å². The van der Waals surface area contributed by atoms with Crippen molar-refractivity contribution in [1.29, 1.82) is 0 Å². The van der Waals surface area contributed by atoms with E-state index in [4.69, 9.17) is 9.26 Å². The zero-order chi connectivity index (χ0) is 14.3. The molecule has 3 heterocycles. The zero-order valence-electron chi connectivity index (χ0n) is 10.5. The smallest absolute Gasteiger partial charge is 0.381 e. The van der Waals surface area contributed by atoms with Gasteiger partial charge in [-0.3, -0.25) is 4.68 Å². The SMILES string of the molecule is Cn1nc(-c2nc([C@@H]3CCOC3)no2)cc1C(F)(F)F. The molecule has 2 aromatic heterocycles.